The topological polar surface area (TPSA) is 157 Å². The lowest BCUT2D eigenvalue weighted by Crippen LogP contribution is -2.63. The molecule has 1 aliphatic carbocycles. The van der Waals surface area contributed by atoms with Crippen LogP contribution >= 0.6 is 0 Å². The van der Waals surface area contributed by atoms with E-state index in [9.17, 15) is 29.7 Å². The molecular weight excluding hydrogens is 394 g/mol. The summed E-state index contributed by atoms with van der Waals surface area (Å²) in [7, 11) is 1.26. The summed E-state index contributed by atoms with van der Waals surface area (Å²) in [5.74, 6) is -1.16. The molecule has 4 atom stereocenters. The third kappa shape index (κ3) is 6.41. The molecule has 166 valence electrons. The average molecular weight is 423 g/mol. The van der Waals surface area contributed by atoms with Crippen molar-refractivity contribution in [2.24, 2.45) is 0 Å². The second-order valence-corrected chi connectivity index (χ2v) is 7.50. The van der Waals surface area contributed by atoms with Crippen LogP contribution in [0.15, 0.2) is 24.3 Å². The molecule has 30 heavy (non-hydrogen) atoms. The Balaban J connectivity index is 1.94. The van der Waals surface area contributed by atoms with Crippen LogP contribution in [0.1, 0.15) is 31.2 Å². The number of anilines is 1. The zero-order valence-electron chi connectivity index (χ0n) is 17.1. The highest BCUT2D eigenvalue weighted by atomic mass is 16.5. The lowest BCUT2D eigenvalue weighted by atomic mass is 9.77. The molecule has 1 saturated carbocycles. The molecule has 1 aromatic carbocycles. The Bertz CT molecular complexity index is 755. The molecule has 0 bridgehead atoms. The summed E-state index contributed by atoms with van der Waals surface area (Å²) in [6.07, 6.45) is -2.99. The lowest BCUT2D eigenvalue weighted by molar-refractivity contribution is -0.157. The van der Waals surface area contributed by atoms with E-state index in [-0.39, 0.29) is 25.8 Å². The first kappa shape index (κ1) is 23.6. The lowest BCUT2D eigenvalue weighted by Gasteiger charge is -2.41. The Morgan fingerprint density at radius 1 is 1.17 bits per heavy atom. The third-order valence-electron chi connectivity index (χ3n) is 5.03. The van der Waals surface area contributed by atoms with Crippen molar-refractivity contribution in [1.82, 2.24) is 10.6 Å². The SMILES string of the molecule is COC(=O)CCCNC(=O)[C@@]1(O)C[C@@H](O)[C@H](O)[C@H](NC(=O)Nc2ccc(C)cc2)C1. The van der Waals surface area contributed by atoms with Gasteiger partial charge in [0.05, 0.1) is 19.3 Å². The van der Waals surface area contributed by atoms with Crippen LogP contribution in [-0.2, 0) is 14.3 Å². The summed E-state index contributed by atoms with van der Waals surface area (Å²) in [5.41, 5.74) is -0.428. The van der Waals surface area contributed by atoms with E-state index < -0.39 is 41.8 Å². The van der Waals surface area contributed by atoms with E-state index in [0.29, 0.717) is 12.1 Å². The number of methoxy groups -OCH3 is 1. The number of carbonyl (C=O) groups is 3. The average Bonchev–Trinajstić information content (AvgIpc) is 2.70. The molecule has 10 nitrogen and oxygen atoms in total. The predicted molar refractivity (Wildman–Crippen MR) is 108 cm³/mol. The Morgan fingerprint density at radius 3 is 2.47 bits per heavy atom. The number of amides is 3. The van der Waals surface area contributed by atoms with Gasteiger partial charge in [-0.25, -0.2) is 4.79 Å². The van der Waals surface area contributed by atoms with Crippen LogP contribution in [-0.4, -0.2) is 70.7 Å². The molecule has 0 radical (unpaired) electrons. The standard InChI is InChI=1S/C20H29N3O7/c1-12-5-7-13(8-6-12)22-19(28)23-14-10-20(29,11-15(24)17(14)26)18(27)21-9-3-4-16(25)30-2/h5-8,14-15,17,24,26,29H,3-4,9-11H2,1-2H3,(H,21,27)(H2,22,23,28)/t14-,15-,17-,20+/m1/s1. The normalized spacial score (nSPS) is 25.8. The Hall–Kier alpha value is -2.69. The Labute approximate surface area is 174 Å². The number of aliphatic hydroxyl groups is 3. The molecule has 0 heterocycles. The summed E-state index contributed by atoms with van der Waals surface area (Å²) in [4.78, 5) is 35.8. The van der Waals surface area contributed by atoms with E-state index in [4.69, 9.17) is 0 Å². The number of aryl methyl sites for hydroxylation is 1. The molecule has 0 spiro atoms. The van der Waals surface area contributed by atoms with Crippen molar-refractivity contribution in [3.8, 4) is 0 Å². The number of esters is 1. The fourth-order valence-corrected chi connectivity index (χ4v) is 3.30. The van der Waals surface area contributed by atoms with Gasteiger partial charge in [-0.2, -0.15) is 0 Å². The van der Waals surface area contributed by atoms with Gasteiger partial charge in [0.1, 0.15) is 11.7 Å². The van der Waals surface area contributed by atoms with Gasteiger partial charge in [-0.15, -0.1) is 0 Å². The molecule has 0 unspecified atom stereocenters. The Kier molecular flexibility index (Phi) is 8.16. The molecule has 3 amide bonds. The maximum atomic E-state index is 12.4. The van der Waals surface area contributed by atoms with Crippen LogP contribution in [0, 0.1) is 6.92 Å². The second-order valence-electron chi connectivity index (χ2n) is 7.50. The first-order valence-electron chi connectivity index (χ1n) is 9.72. The summed E-state index contributed by atoms with van der Waals surface area (Å²) in [6, 6.07) is 5.36. The van der Waals surface area contributed by atoms with Crippen molar-refractivity contribution in [3.05, 3.63) is 29.8 Å². The summed E-state index contributed by atoms with van der Waals surface area (Å²) < 4.78 is 4.51. The van der Waals surface area contributed by atoms with Gasteiger partial charge in [-0.3, -0.25) is 9.59 Å². The van der Waals surface area contributed by atoms with Crippen molar-refractivity contribution in [2.75, 3.05) is 19.0 Å². The molecule has 2 rings (SSSR count). The van der Waals surface area contributed by atoms with Crippen molar-refractivity contribution < 1.29 is 34.4 Å². The molecular formula is C20H29N3O7. The maximum absolute atomic E-state index is 12.4. The zero-order valence-corrected chi connectivity index (χ0v) is 17.1. The minimum atomic E-state index is -1.98. The first-order valence-corrected chi connectivity index (χ1v) is 9.72. The van der Waals surface area contributed by atoms with Crippen LogP contribution in [0.4, 0.5) is 10.5 Å². The number of aliphatic hydroxyl groups excluding tert-OH is 2. The number of urea groups is 1. The molecule has 0 saturated heterocycles. The zero-order chi connectivity index (χ0) is 22.3. The van der Waals surface area contributed by atoms with Crippen LogP contribution < -0.4 is 16.0 Å². The summed E-state index contributed by atoms with van der Waals surface area (Å²) in [5, 5.41) is 38.7. The van der Waals surface area contributed by atoms with Crippen molar-refractivity contribution >= 4 is 23.6 Å². The van der Waals surface area contributed by atoms with Crippen molar-refractivity contribution in [1.29, 1.82) is 0 Å². The second kappa shape index (κ2) is 10.4. The molecule has 10 heteroatoms. The van der Waals surface area contributed by atoms with Gasteiger partial charge in [0, 0.05) is 31.5 Å². The number of hydrogen-bond donors (Lipinski definition) is 6. The number of benzene rings is 1. The number of ether oxygens (including phenoxy) is 1. The van der Waals surface area contributed by atoms with Crippen LogP contribution in [0.25, 0.3) is 0 Å². The van der Waals surface area contributed by atoms with Gasteiger partial charge in [-0.05, 0) is 25.5 Å². The van der Waals surface area contributed by atoms with Gasteiger partial charge in [0.2, 0.25) is 0 Å². The number of nitrogens with one attached hydrogen (secondary N) is 3. The van der Waals surface area contributed by atoms with Gasteiger partial charge in [0.25, 0.3) is 5.91 Å². The first-order chi connectivity index (χ1) is 14.1. The number of rotatable bonds is 7. The van der Waals surface area contributed by atoms with Gasteiger partial charge < -0.3 is 36.0 Å². The highest BCUT2D eigenvalue weighted by molar-refractivity contribution is 5.90. The van der Waals surface area contributed by atoms with E-state index in [1.165, 1.54) is 7.11 Å². The molecule has 1 fully saturated rings. The van der Waals surface area contributed by atoms with Gasteiger partial charge in [0.15, 0.2) is 0 Å². The molecule has 6 N–H and O–H groups in total. The van der Waals surface area contributed by atoms with E-state index in [2.05, 4.69) is 20.7 Å². The summed E-state index contributed by atoms with van der Waals surface area (Å²) >= 11 is 0. The Morgan fingerprint density at radius 2 is 1.83 bits per heavy atom. The molecule has 0 aliphatic heterocycles. The maximum Gasteiger partial charge on any atom is 0.319 e. The number of hydrogen-bond acceptors (Lipinski definition) is 7. The van der Waals surface area contributed by atoms with E-state index in [1.807, 2.05) is 19.1 Å². The van der Waals surface area contributed by atoms with Crippen LogP contribution in [0.5, 0.6) is 0 Å². The largest absolute Gasteiger partial charge is 0.469 e. The monoisotopic (exact) mass is 423 g/mol. The van der Waals surface area contributed by atoms with Crippen molar-refractivity contribution in [3.63, 3.8) is 0 Å². The highest BCUT2D eigenvalue weighted by Gasteiger charge is 2.49. The minimum absolute atomic E-state index is 0.111. The minimum Gasteiger partial charge on any atom is -0.469 e. The third-order valence-corrected chi connectivity index (χ3v) is 5.03. The summed E-state index contributed by atoms with van der Waals surface area (Å²) in [6.45, 7) is 2.03. The number of carbonyl (C=O) groups excluding carboxylic acids is 3. The highest BCUT2D eigenvalue weighted by Crippen LogP contribution is 2.29. The van der Waals surface area contributed by atoms with Gasteiger partial charge >= 0.3 is 12.0 Å². The van der Waals surface area contributed by atoms with Crippen LogP contribution in [0.3, 0.4) is 0 Å². The smallest absolute Gasteiger partial charge is 0.319 e. The molecule has 1 aliphatic rings. The van der Waals surface area contributed by atoms with E-state index >= 15 is 0 Å². The fourth-order valence-electron chi connectivity index (χ4n) is 3.30. The molecule has 1 aromatic rings. The fraction of sp³-hybridized carbons (Fsp3) is 0.550. The van der Waals surface area contributed by atoms with E-state index in [1.54, 1.807) is 12.1 Å². The van der Waals surface area contributed by atoms with Gasteiger partial charge in [-0.1, -0.05) is 17.7 Å². The van der Waals surface area contributed by atoms with Crippen LogP contribution in [0.2, 0.25) is 0 Å². The van der Waals surface area contributed by atoms with E-state index in [0.717, 1.165) is 5.56 Å². The predicted octanol–water partition coefficient (Wildman–Crippen LogP) is -0.199. The quantitative estimate of drug-likeness (QED) is 0.262. The van der Waals surface area contributed by atoms with Crippen molar-refractivity contribution in [2.45, 2.75) is 56.5 Å². The molecule has 0 aromatic heterocycles.